The van der Waals surface area contributed by atoms with Crippen LogP contribution in [0.4, 0.5) is 0 Å². The van der Waals surface area contributed by atoms with E-state index in [2.05, 4.69) is 50.6 Å². The van der Waals surface area contributed by atoms with Crippen molar-refractivity contribution in [3.05, 3.63) is 0 Å². The van der Waals surface area contributed by atoms with E-state index < -0.39 is 23.6 Å². The minimum Gasteiger partial charge on any atom is -0.341 e. The van der Waals surface area contributed by atoms with Gasteiger partial charge in [0.25, 0.3) is 0 Å². The third-order valence-corrected chi connectivity index (χ3v) is 22.9. The average Bonchev–Trinajstić information content (AvgIpc) is 1.80. The Kier molecular flexibility index (Phi) is 4.26. The molecule has 1 unspecified atom stereocenters. The minimum atomic E-state index is -1.14. The van der Waals surface area contributed by atoms with E-state index in [4.69, 9.17) is 11.1 Å². The van der Waals surface area contributed by atoms with Gasteiger partial charge in [-0.3, -0.25) is 0 Å². The highest BCUT2D eigenvalue weighted by Crippen LogP contribution is 2.18. The van der Waals surface area contributed by atoms with Crippen LogP contribution in [0.3, 0.4) is 0 Å². The second-order valence-corrected chi connectivity index (χ2v) is 26.4. The Morgan fingerprint density at radius 1 is 1.00 bits per heavy atom. The topological polar surface area (TPSA) is 3.24 Å². The van der Waals surface area contributed by atoms with E-state index in [-0.39, 0.29) is 0 Å². The minimum absolute atomic E-state index is 1.07. The van der Waals surface area contributed by atoms with Crippen LogP contribution in [0.5, 0.6) is 0 Å². The first-order valence-electron chi connectivity index (χ1n) is 4.44. The molecule has 0 fully saturated rings. The summed E-state index contributed by atoms with van der Waals surface area (Å²) in [5.41, 5.74) is 0. The molecule has 0 radical (unpaired) electrons. The van der Waals surface area contributed by atoms with Crippen molar-refractivity contribution in [2.24, 2.45) is 0 Å². The molecule has 0 saturated carbocycles. The smallest absolute Gasteiger partial charge is 0.193 e. The van der Waals surface area contributed by atoms with Crippen LogP contribution in [0, 0.1) is 0 Å². The van der Waals surface area contributed by atoms with Crippen LogP contribution in [0.2, 0.25) is 39.3 Å². The lowest BCUT2D eigenvalue weighted by atomic mass is 11.6. The van der Waals surface area contributed by atoms with E-state index in [0.29, 0.717) is 0 Å². The molecule has 0 saturated heterocycles. The van der Waals surface area contributed by atoms with E-state index in [1.165, 1.54) is 0 Å². The molecule has 0 spiro atoms. The summed E-state index contributed by atoms with van der Waals surface area (Å²) in [6, 6.07) is 0. The zero-order valence-corrected chi connectivity index (χ0v) is 13.3. The van der Waals surface area contributed by atoms with Gasteiger partial charge >= 0.3 is 0 Å². The molecule has 0 aliphatic heterocycles. The van der Waals surface area contributed by atoms with E-state index in [1.807, 2.05) is 0 Å². The van der Waals surface area contributed by atoms with Gasteiger partial charge in [0.2, 0.25) is 0 Å². The van der Waals surface area contributed by atoms with Crippen LogP contribution < -0.4 is 0 Å². The molecule has 0 amide bonds. The van der Waals surface area contributed by atoms with E-state index in [0.717, 1.165) is 0 Å². The molecule has 0 N–H and O–H groups in total. The highest BCUT2D eigenvalue weighted by Gasteiger charge is 2.36. The van der Waals surface area contributed by atoms with Gasteiger partial charge in [0.05, 0.1) is 7.59 Å². The van der Waals surface area contributed by atoms with Crippen molar-refractivity contribution in [2.75, 3.05) is 7.05 Å². The van der Waals surface area contributed by atoms with Crippen molar-refractivity contribution in [3.8, 4) is 0 Å². The Labute approximate surface area is 85.4 Å². The number of hydrogen-bond acceptors (Lipinski definition) is 1. The highest BCUT2D eigenvalue weighted by molar-refractivity contribution is 7.49. The molecule has 0 aliphatic rings. The summed E-state index contributed by atoms with van der Waals surface area (Å²) in [6.45, 7) is 14.3. The molecule has 0 bridgehead atoms. The normalized spacial score (nSPS) is 16.8. The second kappa shape index (κ2) is 3.96. The Morgan fingerprint density at radius 3 is 1.42 bits per heavy atom. The van der Waals surface area contributed by atoms with Crippen molar-refractivity contribution in [3.63, 3.8) is 0 Å². The predicted octanol–water partition coefficient (Wildman–Crippen LogP) is 2.63. The Balaban J connectivity index is 4.41. The lowest BCUT2D eigenvalue weighted by molar-refractivity contribution is 0.805. The van der Waals surface area contributed by atoms with Crippen LogP contribution in [0.15, 0.2) is 0 Å². The van der Waals surface area contributed by atoms with Crippen molar-refractivity contribution in [1.29, 1.82) is 0 Å². The SMILES string of the molecule is CN([SiH](Cl)[Si](C)(C)C)[Si](C)(C)C. The summed E-state index contributed by atoms with van der Waals surface area (Å²) < 4.78 is 2.54. The van der Waals surface area contributed by atoms with Crippen molar-refractivity contribution in [1.82, 2.24) is 4.23 Å². The van der Waals surface area contributed by atoms with Crippen LogP contribution in [0.25, 0.3) is 0 Å². The summed E-state index contributed by atoms with van der Waals surface area (Å²) >= 11 is 6.55. The standard InChI is InChI=1S/C7H22ClNSi3/c1-9(11(2,3)4)10(8)12(5,6)7/h10H,1-7H3. The van der Waals surface area contributed by atoms with Crippen molar-refractivity contribution >= 4 is 34.7 Å². The first-order valence-corrected chi connectivity index (χ1v) is 15.5. The Bertz CT molecular complexity index is 132. The summed E-state index contributed by atoms with van der Waals surface area (Å²) in [6.07, 6.45) is 0. The fourth-order valence-electron chi connectivity index (χ4n) is 0.921. The van der Waals surface area contributed by atoms with Gasteiger partial charge in [0, 0.05) is 0 Å². The summed E-state index contributed by atoms with van der Waals surface area (Å²) in [7, 11) is -1.08. The second-order valence-electron chi connectivity index (χ2n) is 5.48. The summed E-state index contributed by atoms with van der Waals surface area (Å²) in [4.78, 5) is 0. The van der Waals surface area contributed by atoms with Gasteiger partial charge < -0.3 is 4.23 Å². The molecule has 12 heavy (non-hydrogen) atoms. The maximum absolute atomic E-state index is 6.55. The lowest BCUT2D eigenvalue weighted by Gasteiger charge is -2.38. The van der Waals surface area contributed by atoms with Gasteiger partial charge in [0.1, 0.15) is 8.24 Å². The van der Waals surface area contributed by atoms with Gasteiger partial charge in [-0.2, -0.15) is 11.1 Å². The van der Waals surface area contributed by atoms with E-state index in [9.17, 15) is 0 Å². The first-order chi connectivity index (χ1) is 5.07. The molecule has 0 heterocycles. The summed E-state index contributed by atoms with van der Waals surface area (Å²) in [5.74, 6) is 0. The van der Waals surface area contributed by atoms with Gasteiger partial charge in [-0.1, -0.05) is 39.3 Å². The Hall–Kier alpha value is 0.901. The average molecular weight is 240 g/mol. The van der Waals surface area contributed by atoms with Crippen LogP contribution in [-0.2, 0) is 0 Å². The fraction of sp³-hybridized carbons (Fsp3) is 1.00. The van der Waals surface area contributed by atoms with Crippen molar-refractivity contribution in [2.45, 2.75) is 39.3 Å². The maximum Gasteiger partial charge on any atom is 0.193 e. The third kappa shape index (κ3) is 3.74. The van der Waals surface area contributed by atoms with Gasteiger partial charge in [-0.05, 0) is 7.05 Å². The van der Waals surface area contributed by atoms with Crippen LogP contribution >= 0.6 is 11.1 Å². The monoisotopic (exact) mass is 239 g/mol. The number of halogens is 1. The molecule has 0 aromatic rings. The Morgan fingerprint density at radius 2 is 1.33 bits per heavy atom. The molecular formula is C7H22ClNSi3. The van der Waals surface area contributed by atoms with E-state index in [1.54, 1.807) is 0 Å². The third-order valence-electron chi connectivity index (χ3n) is 2.11. The fourth-order valence-corrected chi connectivity index (χ4v) is 17.9. The van der Waals surface area contributed by atoms with Crippen LogP contribution in [-0.4, -0.2) is 34.9 Å². The molecule has 1 nitrogen and oxygen atoms in total. The zero-order valence-electron chi connectivity index (χ0n) is 9.40. The molecular weight excluding hydrogens is 218 g/mol. The van der Waals surface area contributed by atoms with Gasteiger partial charge in [0.15, 0.2) is 7.79 Å². The quantitative estimate of drug-likeness (QED) is 0.541. The zero-order chi connectivity index (χ0) is 10.2. The maximum atomic E-state index is 6.55. The lowest BCUT2D eigenvalue weighted by Crippen LogP contribution is -2.59. The molecule has 1 atom stereocenters. The highest BCUT2D eigenvalue weighted by atomic mass is 35.6. The molecule has 0 aliphatic carbocycles. The largest absolute Gasteiger partial charge is 0.341 e. The first kappa shape index (κ1) is 12.9. The number of nitrogens with zero attached hydrogens (tertiary/aromatic N) is 1. The molecule has 5 heteroatoms. The van der Waals surface area contributed by atoms with Crippen molar-refractivity contribution < 1.29 is 0 Å². The number of rotatable bonds is 3. The molecule has 74 valence electrons. The van der Waals surface area contributed by atoms with Gasteiger partial charge in [-0.15, -0.1) is 0 Å². The van der Waals surface area contributed by atoms with Gasteiger partial charge in [-0.25, -0.2) is 0 Å². The van der Waals surface area contributed by atoms with Crippen LogP contribution in [0.1, 0.15) is 0 Å². The predicted molar refractivity (Wildman–Crippen MR) is 67.5 cm³/mol. The molecule has 0 rings (SSSR count). The number of hydrogen-bond donors (Lipinski definition) is 0. The van der Waals surface area contributed by atoms with E-state index >= 15 is 0 Å². The molecule has 0 aromatic heterocycles. The molecule has 0 aromatic carbocycles. The summed E-state index contributed by atoms with van der Waals surface area (Å²) in [5, 5.41) is 0.